The van der Waals surface area contributed by atoms with E-state index in [0.29, 0.717) is 25.9 Å². The number of nitrogens with two attached hydrogens (primary N) is 1. The van der Waals surface area contributed by atoms with Crippen LogP contribution in [-0.2, 0) is 27.3 Å². The van der Waals surface area contributed by atoms with Gasteiger partial charge in [-0.1, -0.05) is 72.8 Å². The maximum atomic E-state index is 13.5. The molecule has 0 unspecified atom stereocenters. The molecule has 1 heterocycles. The number of aromatic nitrogens is 1. The molecule has 0 aliphatic carbocycles. The molecular formula is C31H36N4O3. The van der Waals surface area contributed by atoms with Crippen LogP contribution in [0.1, 0.15) is 30.4 Å². The predicted molar refractivity (Wildman–Crippen MR) is 151 cm³/mol. The van der Waals surface area contributed by atoms with E-state index in [2.05, 4.69) is 52.0 Å². The number of ether oxygens (including phenoxy) is 1. The molecular weight excluding hydrogens is 476 g/mol. The Kier molecular flexibility index (Phi) is 9.67. The molecule has 0 bridgehead atoms. The number of fused-ring (bicyclic) bond motifs is 1. The lowest BCUT2D eigenvalue weighted by Gasteiger charge is -2.22. The monoisotopic (exact) mass is 512 g/mol. The molecule has 38 heavy (non-hydrogen) atoms. The number of unbranched alkanes of at least 4 members (excludes halogenated alkanes) is 1. The lowest BCUT2D eigenvalue weighted by Crippen LogP contribution is -2.51. The number of nitrogens with one attached hydrogen (secondary N) is 3. The van der Waals surface area contributed by atoms with Crippen LogP contribution in [0.15, 0.2) is 85.1 Å². The minimum atomic E-state index is -0.712. The molecule has 7 heteroatoms. The molecule has 1 aromatic heterocycles. The van der Waals surface area contributed by atoms with E-state index < -0.39 is 18.1 Å². The molecule has 0 spiro atoms. The van der Waals surface area contributed by atoms with E-state index in [9.17, 15) is 9.59 Å². The zero-order chi connectivity index (χ0) is 26.7. The minimum Gasteiger partial charge on any atom is -0.467 e. The molecule has 4 rings (SSSR count). The predicted octanol–water partition coefficient (Wildman–Crippen LogP) is 4.32. The van der Waals surface area contributed by atoms with Crippen molar-refractivity contribution in [2.75, 3.05) is 13.7 Å². The maximum absolute atomic E-state index is 13.5. The molecule has 7 nitrogen and oxygen atoms in total. The van der Waals surface area contributed by atoms with E-state index in [-0.39, 0.29) is 5.91 Å². The molecule has 3 aromatic carbocycles. The summed E-state index contributed by atoms with van der Waals surface area (Å²) in [6.45, 7) is 1.04. The number of rotatable bonds is 13. The van der Waals surface area contributed by atoms with Crippen LogP contribution in [0.25, 0.3) is 22.0 Å². The quantitative estimate of drug-likeness (QED) is 0.158. The van der Waals surface area contributed by atoms with Gasteiger partial charge in [0.2, 0.25) is 5.91 Å². The number of carbonyl (C=O) groups is 2. The second-order valence-corrected chi connectivity index (χ2v) is 9.43. The standard InChI is InChI=1S/C31H36N4O3/c1-38-31(37)28(13-7-8-18-32)35-30(36)29(19-25-21-34-27-12-6-5-11-26(25)27)33-20-22-14-16-24(17-15-22)23-9-3-2-4-10-23/h2-6,9-12,14-17,21,28-29,33-34H,7-8,13,18-20,32H2,1H3,(H,35,36)/t28-,29-/m0/s1. The molecule has 5 N–H and O–H groups in total. The largest absolute Gasteiger partial charge is 0.467 e. The summed E-state index contributed by atoms with van der Waals surface area (Å²) >= 11 is 0. The summed E-state index contributed by atoms with van der Waals surface area (Å²) in [5, 5.41) is 7.43. The summed E-state index contributed by atoms with van der Waals surface area (Å²) < 4.78 is 4.95. The first-order valence-electron chi connectivity index (χ1n) is 13.1. The number of hydrogen-bond acceptors (Lipinski definition) is 5. The summed E-state index contributed by atoms with van der Waals surface area (Å²) in [5.74, 6) is -0.683. The van der Waals surface area contributed by atoms with Crippen molar-refractivity contribution in [3.05, 3.63) is 96.2 Å². The molecule has 1 amide bonds. The smallest absolute Gasteiger partial charge is 0.328 e. The van der Waals surface area contributed by atoms with Crippen molar-refractivity contribution in [3.63, 3.8) is 0 Å². The molecule has 0 aliphatic rings. The third kappa shape index (κ3) is 7.09. The highest BCUT2D eigenvalue weighted by Crippen LogP contribution is 2.21. The van der Waals surface area contributed by atoms with Crippen molar-refractivity contribution in [1.29, 1.82) is 0 Å². The molecule has 0 saturated heterocycles. The van der Waals surface area contributed by atoms with Crippen molar-refractivity contribution < 1.29 is 14.3 Å². The van der Waals surface area contributed by atoms with Crippen LogP contribution in [0.5, 0.6) is 0 Å². The Balaban J connectivity index is 1.50. The highest BCUT2D eigenvalue weighted by Gasteiger charge is 2.26. The summed E-state index contributed by atoms with van der Waals surface area (Å²) in [6.07, 6.45) is 4.40. The number of H-pyrrole nitrogens is 1. The van der Waals surface area contributed by atoms with Crippen molar-refractivity contribution in [3.8, 4) is 11.1 Å². The van der Waals surface area contributed by atoms with Gasteiger partial charge in [0.25, 0.3) is 0 Å². The second kappa shape index (κ2) is 13.6. The number of aromatic amines is 1. The van der Waals surface area contributed by atoms with Gasteiger partial charge in [0.05, 0.1) is 13.2 Å². The summed E-state index contributed by atoms with van der Waals surface area (Å²) in [4.78, 5) is 29.2. The van der Waals surface area contributed by atoms with E-state index in [1.807, 2.05) is 48.7 Å². The van der Waals surface area contributed by atoms with E-state index in [1.165, 1.54) is 7.11 Å². The van der Waals surface area contributed by atoms with E-state index in [0.717, 1.165) is 46.0 Å². The Morgan fingerprint density at radius 2 is 1.61 bits per heavy atom. The van der Waals surface area contributed by atoms with Crippen molar-refractivity contribution in [2.24, 2.45) is 5.73 Å². The number of carbonyl (C=O) groups excluding carboxylic acids is 2. The number of hydrogen-bond donors (Lipinski definition) is 4. The van der Waals surface area contributed by atoms with Gasteiger partial charge >= 0.3 is 5.97 Å². The molecule has 0 saturated carbocycles. The van der Waals surface area contributed by atoms with Crippen molar-refractivity contribution in [1.82, 2.24) is 15.6 Å². The third-order valence-corrected chi connectivity index (χ3v) is 6.78. The Labute approximate surface area is 223 Å². The van der Waals surface area contributed by atoms with Crippen LogP contribution >= 0.6 is 0 Å². The fraction of sp³-hybridized carbons (Fsp3) is 0.290. The van der Waals surface area contributed by atoms with Crippen LogP contribution in [0.4, 0.5) is 0 Å². The number of methoxy groups -OCH3 is 1. The first kappa shape index (κ1) is 27.1. The van der Waals surface area contributed by atoms with Gasteiger partial charge in [0.15, 0.2) is 0 Å². The Morgan fingerprint density at radius 1 is 0.895 bits per heavy atom. The summed E-state index contributed by atoms with van der Waals surface area (Å²) in [7, 11) is 1.34. The second-order valence-electron chi connectivity index (χ2n) is 9.43. The number of amides is 1. The van der Waals surface area contributed by atoms with Crippen LogP contribution < -0.4 is 16.4 Å². The van der Waals surface area contributed by atoms with E-state index in [1.54, 1.807) is 0 Å². The lowest BCUT2D eigenvalue weighted by molar-refractivity contribution is -0.145. The fourth-order valence-corrected chi connectivity index (χ4v) is 4.62. The van der Waals surface area contributed by atoms with Gasteiger partial charge in [0.1, 0.15) is 6.04 Å². The van der Waals surface area contributed by atoms with Crippen molar-refractivity contribution in [2.45, 2.75) is 44.3 Å². The van der Waals surface area contributed by atoms with Crippen molar-refractivity contribution >= 4 is 22.8 Å². The fourth-order valence-electron chi connectivity index (χ4n) is 4.62. The van der Waals surface area contributed by atoms with Gasteiger partial charge in [-0.25, -0.2) is 4.79 Å². The van der Waals surface area contributed by atoms with Crippen LogP contribution in [-0.4, -0.2) is 42.6 Å². The van der Waals surface area contributed by atoms with Crippen LogP contribution in [0, 0.1) is 0 Å². The average molecular weight is 513 g/mol. The Morgan fingerprint density at radius 3 is 2.34 bits per heavy atom. The average Bonchev–Trinajstić information content (AvgIpc) is 3.37. The Hall–Kier alpha value is -3.94. The highest BCUT2D eigenvalue weighted by atomic mass is 16.5. The molecule has 4 aromatic rings. The normalized spacial score (nSPS) is 12.7. The summed E-state index contributed by atoms with van der Waals surface area (Å²) in [6, 6.07) is 25.3. The van der Waals surface area contributed by atoms with Crippen LogP contribution in [0.3, 0.4) is 0 Å². The number of esters is 1. The third-order valence-electron chi connectivity index (χ3n) is 6.78. The molecule has 198 valence electrons. The zero-order valence-electron chi connectivity index (χ0n) is 21.8. The zero-order valence-corrected chi connectivity index (χ0v) is 21.8. The molecule has 2 atom stereocenters. The minimum absolute atomic E-state index is 0.237. The first-order chi connectivity index (χ1) is 18.6. The van der Waals surface area contributed by atoms with Gasteiger partial charge in [-0.05, 0) is 60.5 Å². The van der Waals surface area contributed by atoms with Gasteiger partial charge in [0, 0.05) is 23.6 Å². The van der Waals surface area contributed by atoms with Gasteiger partial charge in [-0.15, -0.1) is 0 Å². The van der Waals surface area contributed by atoms with Gasteiger partial charge in [-0.2, -0.15) is 0 Å². The number of para-hydroxylation sites is 1. The number of benzene rings is 3. The maximum Gasteiger partial charge on any atom is 0.328 e. The van der Waals surface area contributed by atoms with Crippen LogP contribution in [0.2, 0.25) is 0 Å². The lowest BCUT2D eigenvalue weighted by atomic mass is 10.0. The summed E-state index contributed by atoms with van der Waals surface area (Å²) in [5.41, 5.74) is 11.0. The molecule has 0 radical (unpaired) electrons. The topological polar surface area (TPSA) is 109 Å². The molecule has 0 fully saturated rings. The highest BCUT2D eigenvalue weighted by molar-refractivity contribution is 5.89. The molecule has 0 aliphatic heterocycles. The van der Waals surface area contributed by atoms with Gasteiger partial charge < -0.3 is 26.1 Å². The first-order valence-corrected chi connectivity index (χ1v) is 13.1. The van der Waals surface area contributed by atoms with Gasteiger partial charge in [-0.3, -0.25) is 4.79 Å². The van der Waals surface area contributed by atoms with E-state index in [4.69, 9.17) is 10.5 Å². The van der Waals surface area contributed by atoms with E-state index >= 15 is 0 Å². The SMILES string of the molecule is COC(=O)[C@H](CCCCN)NC(=O)[C@H](Cc1c[nH]c2ccccc12)NCc1ccc(-c2ccccc2)cc1. The Bertz CT molecular complexity index is 1320.